The number of thiocarbonyl (C=S) groups is 1. The van der Waals surface area contributed by atoms with Gasteiger partial charge in [0.25, 0.3) is 11.8 Å². The molecule has 1 saturated heterocycles. The average molecular weight is 462 g/mol. The Balaban J connectivity index is 1.77. The van der Waals surface area contributed by atoms with Crippen LogP contribution in [0.3, 0.4) is 0 Å². The van der Waals surface area contributed by atoms with Gasteiger partial charge < -0.3 is 4.90 Å². The number of rotatable bonds is 3. The molecule has 1 N–H and O–H groups in total. The van der Waals surface area contributed by atoms with Gasteiger partial charge in [0.2, 0.25) is 0 Å². The molecule has 1 unspecified atom stereocenters. The average Bonchev–Trinajstić information content (AvgIpc) is 2.72. The number of nitrogens with zero attached hydrogens (tertiary/aromatic N) is 2. The summed E-state index contributed by atoms with van der Waals surface area (Å²) in [6.07, 6.45) is 2.75. The number of nitrogens with one attached hydrogen (secondary N) is 1. The minimum Gasteiger partial charge on any atom is -0.366 e. The smallest absolute Gasteiger partial charge is 0.270 e. The first kappa shape index (κ1) is 23.2. The SMILES string of the molecule is CCN1c2cc(C)c(/C=C3/C(=O)NC(=S)N(c4ccc(C)cc4)C3=O)cc2C(C)CC1(C)C. The van der Waals surface area contributed by atoms with E-state index in [1.807, 2.05) is 38.1 Å². The Morgan fingerprint density at radius 1 is 1.15 bits per heavy atom. The third-order valence-corrected chi connectivity index (χ3v) is 7.07. The van der Waals surface area contributed by atoms with Gasteiger partial charge in [0, 0.05) is 17.8 Å². The van der Waals surface area contributed by atoms with Crippen molar-refractivity contribution in [2.45, 2.75) is 59.4 Å². The molecule has 0 saturated carbocycles. The van der Waals surface area contributed by atoms with E-state index in [4.69, 9.17) is 12.2 Å². The maximum absolute atomic E-state index is 13.4. The highest BCUT2D eigenvalue weighted by Gasteiger charge is 2.37. The number of carbonyl (C=O) groups is 2. The van der Waals surface area contributed by atoms with E-state index in [-0.39, 0.29) is 16.2 Å². The van der Waals surface area contributed by atoms with Crippen LogP contribution in [0.4, 0.5) is 11.4 Å². The molecule has 33 heavy (non-hydrogen) atoms. The second-order valence-electron chi connectivity index (χ2n) is 9.72. The molecule has 0 bridgehead atoms. The van der Waals surface area contributed by atoms with Gasteiger partial charge in [0.15, 0.2) is 5.11 Å². The number of carbonyl (C=O) groups excluding carboxylic acids is 2. The maximum Gasteiger partial charge on any atom is 0.270 e. The van der Waals surface area contributed by atoms with Gasteiger partial charge in [0.05, 0.1) is 5.69 Å². The van der Waals surface area contributed by atoms with Gasteiger partial charge in [-0.1, -0.05) is 24.6 Å². The Morgan fingerprint density at radius 3 is 2.45 bits per heavy atom. The Kier molecular flexibility index (Phi) is 5.91. The fourth-order valence-electron chi connectivity index (χ4n) is 5.15. The molecule has 6 heteroatoms. The number of benzene rings is 2. The zero-order valence-corrected chi connectivity index (χ0v) is 21.0. The maximum atomic E-state index is 13.4. The fraction of sp³-hybridized carbons (Fsp3) is 0.370. The third kappa shape index (κ3) is 4.08. The summed E-state index contributed by atoms with van der Waals surface area (Å²) in [5, 5.41) is 2.78. The van der Waals surface area contributed by atoms with E-state index in [1.165, 1.54) is 16.2 Å². The van der Waals surface area contributed by atoms with Crippen molar-refractivity contribution in [3.63, 3.8) is 0 Å². The molecule has 5 nitrogen and oxygen atoms in total. The van der Waals surface area contributed by atoms with Crippen LogP contribution in [0.1, 0.15) is 62.3 Å². The molecule has 0 radical (unpaired) electrons. The molecule has 0 spiro atoms. The quantitative estimate of drug-likeness (QED) is 0.386. The normalized spacial score (nSPS) is 21.3. The van der Waals surface area contributed by atoms with Crippen molar-refractivity contribution in [3.05, 3.63) is 64.2 Å². The summed E-state index contributed by atoms with van der Waals surface area (Å²) < 4.78 is 0. The molecular formula is C27H31N3O2S. The van der Waals surface area contributed by atoms with E-state index in [0.717, 1.165) is 29.7 Å². The van der Waals surface area contributed by atoms with Crippen LogP contribution in [0.25, 0.3) is 6.08 Å². The highest BCUT2D eigenvalue weighted by molar-refractivity contribution is 7.80. The topological polar surface area (TPSA) is 52.7 Å². The Morgan fingerprint density at radius 2 is 1.82 bits per heavy atom. The summed E-state index contributed by atoms with van der Waals surface area (Å²) in [4.78, 5) is 30.0. The molecule has 1 fully saturated rings. The molecule has 2 heterocycles. The summed E-state index contributed by atoms with van der Waals surface area (Å²) in [5.74, 6) is -0.494. The number of amides is 2. The minimum atomic E-state index is -0.463. The van der Waals surface area contributed by atoms with Crippen molar-refractivity contribution in [3.8, 4) is 0 Å². The first-order valence-electron chi connectivity index (χ1n) is 11.4. The fourth-order valence-corrected chi connectivity index (χ4v) is 5.43. The highest BCUT2D eigenvalue weighted by Crippen LogP contribution is 2.44. The predicted molar refractivity (Wildman–Crippen MR) is 139 cm³/mol. The summed E-state index contributed by atoms with van der Waals surface area (Å²) in [6, 6.07) is 11.8. The third-order valence-electron chi connectivity index (χ3n) is 6.78. The zero-order chi connectivity index (χ0) is 24.1. The standard InChI is InChI=1S/C27H31N3O2S/c1-7-29-23-12-17(3)19(13-21(23)18(4)15-27(29,5)6)14-22-24(31)28-26(33)30(25(22)32)20-10-8-16(2)9-11-20/h8-14,18H,7,15H2,1-6H3,(H,28,31,33)/b22-14-. The predicted octanol–water partition coefficient (Wildman–Crippen LogP) is 5.25. The van der Waals surface area contributed by atoms with E-state index in [9.17, 15) is 9.59 Å². The van der Waals surface area contributed by atoms with Crippen LogP contribution in [0.5, 0.6) is 0 Å². The number of anilines is 2. The lowest BCUT2D eigenvalue weighted by Gasteiger charge is -2.47. The number of hydrogen-bond acceptors (Lipinski definition) is 4. The first-order valence-corrected chi connectivity index (χ1v) is 11.8. The highest BCUT2D eigenvalue weighted by atomic mass is 32.1. The van der Waals surface area contributed by atoms with Crippen LogP contribution < -0.4 is 15.1 Å². The van der Waals surface area contributed by atoms with Gasteiger partial charge in [-0.25, -0.2) is 0 Å². The summed E-state index contributed by atoms with van der Waals surface area (Å²) in [7, 11) is 0. The first-order chi connectivity index (χ1) is 15.5. The van der Waals surface area contributed by atoms with Gasteiger partial charge >= 0.3 is 0 Å². The molecule has 2 aromatic carbocycles. The summed E-state index contributed by atoms with van der Waals surface area (Å²) >= 11 is 5.32. The van der Waals surface area contributed by atoms with Crippen molar-refractivity contribution in [1.29, 1.82) is 0 Å². The lowest BCUT2D eigenvalue weighted by atomic mass is 9.79. The molecule has 0 aromatic heterocycles. The van der Waals surface area contributed by atoms with Gasteiger partial charge in [-0.05, 0) is 106 Å². The van der Waals surface area contributed by atoms with Gasteiger partial charge in [-0.15, -0.1) is 0 Å². The van der Waals surface area contributed by atoms with Crippen LogP contribution in [-0.4, -0.2) is 29.0 Å². The molecule has 172 valence electrons. The Bertz CT molecular complexity index is 1180. The molecule has 2 aliphatic heterocycles. The molecule has 4 rings (SSSR count). The van der Waals surface area contributed by atoms with Crippen LogP contribution in [0, 0.1) is 13.8 Å². The summed E-state index contributed by atoms with van der Waals surface area (Å²) in [5.41, 5.74) is 6.29. The zero-order valence-electron chi connectivity index (χ0n) is 20.2. The monoisotopic (exact) mass is 461 g/mol. The molecule has 1 atom stereocenters. The van der Waals surface area contributed by atoms with Crippen molar-refractivity contribution in [1.82, 2.24) is 5.32 Å². The lowest BCUT2D eigenvalue weighted by Crippen LogP contribution is -2.54. The Labute approximate surface area is 201 Å². The Hall–Kier alpha value is -2.99. The van der Waals surface area contributed by atoms with E-state index < -0.39 is 11.8 Å². The molecule has 2 aromatic rings. The van der Waals surface area contributed by atoms with Crippen molar-refractivity contribution in [2.24, 2.45) is 0 Å². The van der Waals surface area contributed by atoms with E-state index >= 15 is 0 Å². The van der Waals surface area contributed by atoms with Crippen LogP contribution in [-0.2, 0) is 9.59 Å². The van der Waals surface area contributed by atoms with Gasteiger partial charge in [0.1, 0.15) is 5.57 Å². The molecular weight excluding hydrogens is 430 g/mol. The van der Waals surface area contributed by atoms with Gasteiger partial charge in [-0.3, -0.25) is 19.8 Å². The van der Waals surface area contributed by atoms with E-state index in [2.05, 4.69) is 50.0 Å². The molecule has 2 aliphatic rings. The number of hydrogen-bond donors (Lipinski definition) is 1. The second-order valence-corrected chi connectivity index (χ2v) is 10.1. The van der Waals surface area contributed by atoms with E-state index in [1.54, 1.807) is 6.08 Å². The molecule has 0 aliphatic carbocycles. The number of aryl methyl sites for hydroxylation is 2. The van der Waals surface area contributed by atoms with Crippen LogP contribution >= 0.6 is 12.2 Å². The van der Waals surface area contributed by atoms with E-state index in [0.29, 0.717) is 11.6 Å². The van der Waals surface area contributed by atoms with Crippen molar-refractivity contribution < 1.29 is 9.59 Å². The summed E-state index contributed by atoms with van der Waals surface area (Å²) in [6.45, 7) is 13.9. The number of fused-ring (bicyclic) bond motifs is 1. The van der Waals surface area contributed by atoms with Gasteiger partial charge in [-0.2, -0.15) is 0 Å². The largest absolute Gasteiger partial charge is 0.366 e. The van der Waals surface area contributed by atoms with Crippen LogP contribution in [0.15, 0.2) is 42.0 Å². The lowest BCUT2D eigenvalue weighted by molar-refractivity contribution is -0.122. The van der Waals surface area contributed by atoms with Crippen LogP contribution in [0.2, 0.25) is 0 Å². The second kappa shape index (κ2) is 8.41. The van der Waals surface area contributed by atoms with Crippen molar-refractivity contribution >= 4 is 46.6 Å². The molecule has 2 amide bonds. The minimum absolute atomic E-state index is 0.0804. The van der Waals surface area contributed by atoms with Crippen molar-refractivity contribution in [2.75, 3.05) is 16.3 Å².